The lowest BCUT2D eigenvalue weighted by molar-refractivity contribution is 0.112. The number of aldehydes is 1. The fourth-order valence-corrected chi connectivity index (χ4v) is 5.53. The number of nitrogens with one attached hydrogen (secondary N) is 1. The van der Waals surface area contributed by atoms with Gasteiger partial charge in [0.15, 0.2) is 11.9 Å². The van der Waals surface area contributed by atoms with Crippen molar-refractivity contribution in [3.05, 3.63) is 87.7 Å². The van der Waals surface area contributed by atoms with Gasteiger partial charge in [-0.25, -0.2) is 13.4 Å². The first-order chi connectivity index (χ1) is 18.4. The number of carbonyl (C=O) groups excluding carboxylic acids is 1. The molecule has 206 valence electrons. The highest BCUT2D eigenvalue weighted by molar-refractivity contribution is 7.92. The van der Waals surface area contributed by atoms with Crippen LogP contribution in [0.25, 0.3) is 5.65 Å². The summed E-state index contributed by atoms with van der Waals surface area (Å²) in [6.45, 7) is 6.97. The van der Waals surface area contributed by atoms with Crippen molar-refractivity contribution >= 4 is 33.5 Å². The predicted octanol–water partition coefficient (Wildman–Crippen LogP) is 4.32. The van der Waals surface area contributed by atoms with Gasteiger partial charge in [0, 0.05) is 43.5 Å². The number of benzene rings is 2. The number of aromatic nitrogens is 3. The molecular weight excluding hydrogens is 512 g/mol. The predicted molar refractivity (Wildman–Crippen MR) is 156 cm³/mol. The summed E-state index contributed by atoms with van der Waals surface area (Å²) in [4.78, 5) is 19.9. The Morgan fingerprint density at radius 3 is 2.38 bits per heavy atom. The minimum atomic E-state index is -3.33. The number of anilines is 2. The van der Waals surface area contributed by atoms with E-state index in [0.717, 1.165) is 47.6 Å². The van der Waals surface area contributed by atoms with E-state index in [9.17, 15) is 13.2 Å². The zero-order chi connectivity index (χ0) is 28.5. The van der Waals surface area contributed by atoms with Crippen LogP contribution in [0.1, 0.15) is 50.0 Å². The van der Waals surface area contributed by atoms with Crippen molar-refractivity contribution in [3.63, 3.8) is 0 Å². The number of hydrogen-bond donors (Lipinski definition) is 1. The van der Waals surface area contributed by atoms with Gasteiger partial charge < -0.3 is 4.90 Å². The smallest absolute Gasteiger partial charge is 0.229 e. The van der Waals surface area contributed by atoms with Gasteiger partial charge in [-0.3, -0.25) is 14.4 Å². The van der Waals surface area contributed by atoms with Gasteiger partial charge in [-0.15, -0.1) is 0 Å². The molecule has 0 saturated heterocycles. The highest BCUT2D eigenvalue weighted by Crippen LogP contribution is 2.32. The Morgan fingerprint density at radius 1 is 1.05 bits per heavy atom. The molecule has 1 aliphatic rings. The average Bonchev–Trinajstić information content (AvgIpc) is 3.27. The van der Waals surface area contributed by atoms with Crippen molar-refractivity contribution in [2.45, 2.75) is 39.8 Å². The third-order valence-electron chi connectivity index (χ3n) is 6.95. The molecule has 0 radical (unpaired) electrons. The SMILES string of the molecule is Cc1ccc(NS(C)(=O)=O)c(C=O)c1.Cc1nc2cc(C3Cc4ccccc4CN3C)nn2c(N(C)C)c1C. The van der Waals surface area contributed by atoms with Crippen molar-refractivity contribution in [1.82, 2.24) is 19.5 Å². The molecular formula is C29H36N6O3S. The maximum absolute atomic E-state index is 10.9. The Bertz CT molecular complexity index is 1630. The summed E-state index contributed by atoms with van der Waals surface area (Å²) < 4.78 is 26.1. The lowest BCUT2D eigenvalue weighted by atomic mass is 9.93. The third-order valence-corrected chi connectivity index (χ3v) is 7.54. The van der Waals surface area contributed by atoms with Crippen molar-refractivity contribution in [1.29, 1.82) is 0 Å². The Kier molecular flexibility index (Phi) is 8.08. The van der Waals surface area contributed by atoms with Gasteiger partial charge in [0.25, 0.3) is 0 Å². The van der Waals surface area contributed by atoms with Crippen LogP contribution >= 0.6 is 0 Å². The number of hydrogen-bond acceptors (Lipinski definition) is 7. The Hall–Kier alpha value is -3.76. The van der Waals surface area contributed by atoms with E-state index < -0.39 is 10.0 Å². The number of likely N-dealkylation sites (N-methyl/N-ethyl adjacent to an activating group) is 1. The van der Waals surface area contributed by atoms with Gasteiger partial charge in [-0.1, -0.05) is 35.9 Å². The molecule has 2 aromatic heterocycles. The van der Waals surface area contributed by atoms with Gasteiger partial charge in [0.2, 0.25) is 10.0 Å². The van der Waals surface area contributed by atoms with E-state index in [-0.39, 0.29) is 6.04 Å². The Morgan fingerprint density at radius 2 is 1.74 bits per heavy atom. The molecule has 0 spiro atoms. The number of carbonyl (C=O) groups is 1. The third kappa shape index (κ3) is 6.29. The second-order valence-electron chi connectivity index (χ2n) is 10.4. The fourth-order valence-electron chi connectivity index (χ4n) is 4.95. The van der Waals surface area contributed by atoms with Crippen LogP contribution in [0.4, 0.5) is 11.5 Å². The standard InChI is InChI=1S/C20H25N5.C9H11NO3S/c1-13-14(2)21-19-11-17(22-25(19)20(13)23(3)4)18-10-15-8-6-7-9-16(15)12-24(18)5;1-7-3-4-9(8(5-7)6-11)10-14(2,12)13/h6-9,11,18H,10,12H2,1-5H3;3-6,10H,1-2H3. The second kappa shape index (κ2) is 11.2. The molecule has 2 aromatic carbocycles. The monoisotopic (exact) mass is 548 g/mol. The largest absolute Gasteiger partial charge is 0.362 e. The first-order valence-electron chi connectivity index (χ1n) is 12.7. The van der Waals surface area contributed by atoms with Crippen molar-refractivity contribution in [3.8, 4) is 0 Å². The lowest BCUT2D eigenvalue weighted by Gasteiger charge is -2.32. The molecule has 5 rings (SSSR count). The van der Waals surface area contributed by atoms with E-state index in [1.807, 2.05) is 11.4 Å². The summed E-state index contributed by atoms with van der Waals surface area (Å²) in [5.74, 6) is 1.10. The quantitative estimate of drug-likeness (QED) is 0.371. The number of aryl methyl sites for hydroxylation is 2. The summed E-state index contributed by atoms with van der Waals surface area (Å²) >= 11 is 0. The average molecular weight is 549 g/mol. The second-order valence-corrected chi connectivity index (χ2v) is 12.1. The van der Waals surface area contributed by atoms with E-state index in [1.54, 1.807) is 18.2 Å². The highest BCUT2D eigenvalue weighted by atomic mass is 32.2. The number of nitrogens with zero attached hydrogens (tertiary/aromatic N) is 5. The maximum Gasteiger partial charge on any atom is 0.229 e. The van der Waals surface area contributed by atoms with Crippen LogP contribution in [-0.4, -0.2) is 61.6 Å². The zero-order valence-electron chi connectivity index (χ0n) is 23.6. The van der Waals surface area contributed by atoms with Gasteiger partial charge >= 0.3 is 0 Å². The summed E-state index contributed by atoms with van der Waals surface area (Å²) in [6, 6.07) is 16.1. The summed E-state index contributed by atoms with van der Waals surface area (Å²) in [5, 5.41) is 4.95. The highest BCUT2D eigenvalue weighted by Gasteiger charge is 2.27. The minimum Gasteiger partial charge on any atom is -0.362 e. The number of sulfonamides is 1. The van der Waals surface area contributed by atoms with Crippen molar-refractivity contribution in [2.75, 3.05) is 37.0 Å². The molecule has 1 atom stereocenters. The molecule has 10 heteroatoms. The Balaban J connectivity index is 0.000000215. The molecule has 1 unspecified atom stereocenters. The molecule has 0 bridgehead atoms. The van der Waals surface area contributed by atoms with E-state index >= 15 is 0 Å². The zero-order valence-corrected chi connectivity index (χ0v) is 24.4. The molecule has 0 aliphatic carbocycles. The van der Waals surface area contributed by atoms with Gasteiger partial charge in [-0.2, -0.15) is 9.61 Å². The number of rotatable bonds is 5. The van der Waals surface area contributed by atoms with E-state index in [0.29, 0.717) is 17.5 Å². The first kappa shape index (κ1) is 28.3. The van der Waals surface area contributed by atoms with Crippen LogP contribution in [0.5, 0.6) is 0 Å². The van der Waals surface area contributed by atoms with Crippen LogP contribution in [0.15, 0.2) is 48.5 Å². The van der Waals surface area contributed by atoms with Crippen LogP contribution in [0.3, 0.4) is 0 Å². The Labute approximate surface area is 230 Å². The van der Waals surface area contributed by atoms with E-state index in [4.69, 9.17) is 10.1 Å². The van der Waals surface area contributed by atoms with Gasteiger partial charge in [0.1, 0.15) is 5.82 Å². The molecule has 1 aliphatic heterocycles. The summed E-state index contributed by atoms with van der Waals surface area (Å²) in [6.07, 6.45) is 2.66. The molecule has 9 nitrogen and oxygen atoms in total. The maximum atomic E-state index is 10.9. The first-order valence-corrected chi connectivity index (χ1v) is 14.6. The fraction of sp³-hybridized carbons (Fsp3) is 0.345. The number of fused-ring (bicyclic) bond motifs is 2. The van der Waals surface area contributed by atoms with Crippen molar-refractivity contribution < 1.29 is 13.2 Å². The normalized spacial score (nSPS) is 15.3. The molecule has 0 fully saturated rings. The van der Waals surface area contributed by atoms with Gasteiger partial charge in [0.05, 0.1) is 23.7 Å². The van der Waals surface area contributed by atoms with Crippen LogP contribution < -0.4 is 9.62 Å². The molecule has 4 aromatic rings. The van der Waals surface area contributed by atoms with Crippen LogP contribution in [0.2, 0.25) is 0 Å². The van der Waals surface area contributed by atoms with Crippen molar-refractivity contribution in [2.24, 2.45) is 0 Å². The van der Waals surface area contributed by atoms with E-state index in [1.165, 1.54) is 16.7 Å². The summed E-state index contributed by atoms with van der Waals surface area (Å²) in [5.41, 5.74) is 8.67. The van der Waals surface area contributed by atoms with E-state index in [2.05, 4.69) is 79.8 Å². The molecule has 3 heterocycles. The molecule has 1 N–H and O–H groups in total. The summed E-state index contributed by atoms with van der Waals surface area (Å²) in [7, 11) is 2.97. The van der Waals surface area contributed by atoms with Crippen LogP contribution in [-0.2, 0) is 23.0 Å². The van der Waals surface area contributed by atoms with Crippen LogP contribution in [0, 0.1) is 20.8 Å². The molecule has 39 heavy (non-hydrogen) atoms. The molecule has 0 saturated carbocycles. The van der Waals surface area contributed by atoms with Gasteiger partial charge in [-0.05, 0) is 57.5 Å². The minimum absolute atomic E-state index is 0.284. The lowest BCUT2D eigenvalue weighted by Crippen LogP contribution is -2.31. The topological polar surface area (TPSA) is 99.9 Å². The molecule has 0 amide bonds.